The third kappa shape index (κ3) is 2.90. The zero-order valence-corrected chi connectivity index (χ0v) is 12.1. The molecular formula is C11H15BrN2O4. The molecule has 0 fully saturated rings. The van der Waals surface area contributed by atoms with E-state index < -0.39 is 11.9 Å². The normalized spacial score (nSPS) is 10.2. The van der Waals surface area contributed by atoms with Crippen molar-refractivity contribution in [3.8, 4) is 0 Å². The molecule has 100 valence electrons. The second-order valence-corrected chi connectivity index (χ2v) is 3.97. The Morgan fingerprint density at radius 1 is 1.17 bits per heavy atom. The smallest absolute Gasteiger partial charge is 0.359 e. The molecule has 1 aromatic rings. The first-order valence-corrected chi connectivity index (χ1v) is 6.46. The fraction of sp³-hybridized carbons (Fsp3) is 0.545. The molecule has 7 heteroatoms. The SMILES string of the molecule is CCOC(=O)c1nc(Br)n(CC)c1C(=O)OCC. The van der Waals surface area contributed by atoms with Crippen LogP contribution in [0.1, 0.15) is 41.7 Å². The predicted octanol–water partition coefficient (Wildman–Crippen LogP) is 2.02. The Morgan fingerprint density at radius 2 is 1.72 bits per heavy atom. The van der Waals surface area contributed by atoms with E-state index in [0.29, 0.717) is 11.3 Å². The van der Waals surface area contributed by atoms with Crippen LogP contribution in [-0.4, -0.2) is 34.7 Å². The second-order valence-electron chi connectivity index (χ2n) is 3.26. The number of imidazole rings is 1. The average molecular weight is 319 g/mol. The number of hydrogen-bond donors (Lipinski definition) is 0. The molecule has 0 atom stereocenters. The summed E-state index contributed by atoms with van der Waals surface area (Å²) in [4.78, 5) is 27.6. The molecule has 0 aromatic carbocycles. The summed E-state index contributed by atoms with van der Waals surface area (Å²) in [6.07, 6.45) is 0. The van der Waals surface area contributed by atoms with Crippen molar-refractivity contribution in [2.24, 2.45) is 0 Å². The maximum Gasteiger partial charge on any atom is 0.359 e. The van der Waals surface area contributed by atoms with Crippen LogP contribution >= 0.6 is 15.9 Å². The quantitative estimate of drug-likeness (QED) is 0.777. The lowest BCUT2D eigenvalue weighted by molar-refractivity contribution is 0.0467. The summed E-state index contributed by atoms with van der Waals surface area (Å²) in [7, 11) is 0. The van der Waals surface area contributed by atoms with Gasteiger partial charge in [0.25, 0.3) is 0 Å². The third-order valence-corrected chi connectivity index (χ3v) is 2.78. The fourth-order valence-electron chi connectivity index (χ4n) is 1.46. The van der Waals surface area contributed by atoms with Crippen LogP contribution < -0.4 is 0 Å². The van der Waals surface area contributed by atoms with Gasteiger partial charge in [-0.15, -0.1) is 0 Å². The Bertz CT molecular complexity index is 456. The molecule has 1 rings (SSSR count). The van der Waals surface area contributed by atoms with Gasteiger partial charge in [0.1, 0.15) is 0 Å². The van der Waals surface area contributed by atoms with Crippen LogP contribution in [0, 0.1) is 0 Å². The Kier molecular flexibility index (Phi) is 5.33. The first kappa shape index (κ1) is 14.7. The van der Waals surface area contributed by atoms with Gasteiger partial charge in [-0.05, 0) is 36.7 Å². The van der Waals surface area contributed by atoms with Gasteiger partial charge in [-0.3, -0.25) is 0 Å². The summed E-state index contributed by atoms with van der Waals surface area (Å²) in [5.41, 5.74) is 0.0914. The number of nitrogens with zero attached hydrogens (tertiary/aromatic N) is 2. The van der Waals surface area contributed by atoms with Crippen LogP contribution in [0.2, 0.25) is 0 Å². The van der Waals surface area contributed by atoms with E-state index in [1.54, 1.807) is 18.4 Å². The molecule has 0 spiro atoms. The van der Waals surface area contributed by atoms with Crippen LogP contribution in [0.5, 0.6) is 0 Å². The van der Waals surface area contributed by atoms with Crippen LogP contribution in [0.3, 0.4) is 0 Å². The number of esters is 2. The molecule has 0 N–H and O–H groups in total. The van der Waals surface area contributed by atoms with Crippen LogP contribution in [-0.2, 0) is 16.0 Å². The van der Waals surface area contributed by atoms with Gasteiger partial charge in [-0.25, -0.2) is 14.6 Å². The number of hydrogen-bond acceptors (Lipinski definition) is 5. The van der Waals surface area contributed by atoms with Crippen molar-refractivity contribution >= 4 is 27.9 Å². The van der Waals surface area contributed by atoms with E-state index in [9.17, 15) is 9.59 Å². The zero-order chi connectivity index (χ0) is 13.7. The number of rotatable bonds is 5. The van der Waals surface area contributed by atoms with E-state index in [-0.39, 0.29) is 24.6 Å². The van der Waals surface area contributed by atoms with Gasteiger partial charge in [-0.2, -0.15) is 0 Å². The fourth-order valence-corrected chi connectivity index (χ4v) is 2.07. The van der Waals surface area contributed by atoms with Gasteiger partial charge in [0, 0.05) is 6.54 Å². The van der Waals surface area contributed by atoms with Crippen molar-refractivity contribution < 1.29 is 19.1 Å². The number of ether oxygens (including phenoxy) is 2. The van der Waals surface area contributed by atoms with E-state index in [4.69, 9.17) is 9.47 Å². The molecule has 6 nitrogen and oxygen atoms in total. The molecule has 0 unspecified atom stereocenters. The van der Waals surface area contributed by atoms with Gasteiger partial charge in [0.2, 0.25) is 0 Å². The van der Waals surface area contributed by atoms with Gasteiger partial charge in [0.05, 0.1) is 13.2 Å². The molecular weight excluding hydrogens is 304 g/mol. The number of aromatic nitrogens is 2. The van der Waals surface area contributed by atoms with Crippen molar-refractivity contribution in [1.82, 2.24) is 9.55 Å². The standard InChI is InChI=1S/C11H15BrN2O4/c1-4-14-8(10(16)18-6-3)7(13-11(14)12)9(15)17-5-2/h4-6H2,1-3H3. The first-order valence-electron chi connectivity index (χ1n) is 5.66. The summed E-state index contributed by atoms with van der Waals surface area (Å²) in [5, 5.41) is 0. The highest BCUT2D eigenvalue weighted by Gasteiger charge is 2.27. The Balaban J connectivity index is 3.25. The molecule has 0 radical (unpaired) electrons. The number of carbonyl (C=O) groups excluding carboxylic acids is 2. The monoisotopic (exact) mass is 318 g/mol. The van der Waals surface area contributed by atoms with Gasteiger partial charge in [0.15, 0.2) is 16.1 Å². The summed E-state index contributed by atoms with van der Waals surface area (Å²) in [6.45, 7) is 6.16. The van der Waals surface area contributed by atoms with Crippen LogP contribution in [0.25, 0.3) is 0 Å². The average Bonchev–Trinajstić information content (AvgIpc) is 2.66. The highest BCUT2D eigenvalue weighted by molar-refractivity contribution is 9.10. The topological polar surface area (TPSA) is 70.4 Å². The highest BCUT2D eigenvalue weighted by atomic mass is 79.9. The lowest BCUT2D eigenvalue weighted by atomic mass is 10.3. The van der Waals surface area contributed by atoms with Crippen molar-refractivity contribution in [3.63, 3.8) is 0 Å². The third-order valence-electron chi connectivity index (χ3n) is 2.17. The molecule has 0 saturated heterocycles. The Labute approximate surface area is 113 Å². The molecule has 1 heterocycles. The molecule has 0 aliphatic heterocycles. The first-order chi connectivity index (χ1) is 8.56. The van der Waals surface area contributed by atoms with E-state index in [1.807, 2.05) is 6.92 Å². The summed E-state index contributed by atoms with van der Waals surface area (Å²) in [5.74, 6) is -1.21. The molecule has 0 aliphatic carbocycles. The zero-order valence-electron chi connectivity index (χ0n) is 10.5. The summed E-state index contributed by atoms with van der Waals surface area (Å²) in [6, 6.07) is 0. The van der Waals surface area contributed by atoms with E-state index in [2.05, 4.69) is 20.9 Å². The minimum Gasteiger partial charge on any atom is -0.461 e. The van der Waals surface area contributed by atoms with E-state index in [0.717, 1.165) is 0 Å². The molecule has 18 heavy (non-hydrogen) atoms. The van der Waals surface area contributed by atoms with Gasteiger partial charge < -0.3 is 14.0 Å². The van der Waals surface area contributed by atoms with Crippen molar-refractivity contribution in [3.05, 3.63) is 16.1 Å². The van der Waals surface area contributed by atoms with Crippen molar-refractivity contribution in [2.75, 3.05) is 13.2 Å². The molecule has 1 aromatic heterocycles. The van der Waals surface area contributed by atoms with Crippen LogP contribution in [0.4, 0.5) is 0 Å². The maximum atomic E-state index is 11.9. The van der Waals surface area contributed by atoms with E-state index in [1.165, 1.54) is 0 Å². The number of halogens is 1. The van der Waals surface area contributed by atoms with E-state index >= 15 is 0 Å². The van der Waals surface area contributed by atoms with Crippen molar-refractivity contribution in [1.29, 1.82) is 0 Å². The summed E-state index contributed by atoms with van der Waals surface area (Å²) >= 11 is 3.20. The number of carbonyl (C=O) groups is 2. The molecule has 0 saturated carbocycles. The minimum atomic E-state index is -0.631. The van der Waals surface area contributed by atoms with Gasteiger partial charge >= 0.3 is 11.9 Å². The largest absolute Gasteiger partial charge is 0.461 e. The second kappa shape index (κ2) is 6.53. The lowest BCUT2D eigenvalue weighted by Crippen LogP contribution is -2.17. The van der Waals surface area contributed by atoms with Crippen molar-refractivity contribution in [2.45, 2.75) is 27.3 Å². The highest BCUT2D eigenvalue weighted by Crippen LogP contribution is 2.19. The minimum absolute atomic E-state index is 0.0241. The molecule has 0 aliphatic rings. The molecule has 0 amide bonds. The van der Waals surface area contributed by atoms with Crippen LogP contribution in [0.15, 0.2) is 4.73 Å². The summed E-state index contributed by atoms with van der Waals surface area (Å²) < 4.78 is 11.7. The maximum absolute atomic E-state index is 11.9. The molecule has 0 bridgehead atoms. The Morgan fingerprint density at radius 3 is 2.22 bits per heavy atom. The predicted molar refractivity (Wildman–Crippen MR) is 67.5 cm³/mol. The lowest BCUT2D eigenvalue weighted by Gasteiger charge is -2.07. The van der Waals surface area contributed by atoms with Gasteiger partial charge in [-0.1, -0.05) is 0 Å². The Hall–Kier alpha value is -1.37.